The van der Waals surface area contributed by atoms with Crippen LogP contribution in [0.15, 0.2) is 28.5 Å². The number of hydrogen-bond acceptors (Lipinski definition) is 4. The molecule has 0 saturated carbocycles. The van der Waals surface area contributed by atoms with Gasteiger partial charge in [-0.1, -0.05) is 13.8 Å². The summed E-state index contributed by atoms with van der Waals surface area (Å²) in [5.74, 6) is 0.567. The molecule has 0 aliphatic carbocycles. The third-order valence-corrected chi connectivity index (χ3v) is 3.77. The number of nitrogens with one attached hydrogen (secondary N) is 1. The Morgan fingerprint density at radius 3 is 2.75 bits per heavy atom. The second-order valence-electron chi connectivity index (χ2n) is 5.54. The van der Waals surface area contributed by atoms with Crippen LogP contribution < -0.4 is 10.9 Å². The minimum absolute atomic E-state index is 0.0169. The van der Waals surface area contributed by atoms with Gasteiger partial charge in [-0.25, -0.2) is 4.98 Å². The third-order valence-electron chi connectivity index (χ3n) is 2.97. The molecule has 0 atom stereocenters. The molecule has 0 bridgehead atoms. The zero-order valence-electron chi connectivity index (χ0n) is 12.4. The Labute approximate surface area is 123 Å². The van der Waals surface area contributed by atoms with Gasteiger partial charge in [-0.05, 0) is 31.9 Å². The van der Waals surface area contributed by atoms with E-state index in [1.165, 1.54) is 11.3 Å². The Balaban J connectivity index is 2.29. The van der Waals surface area contributed by atoms with Gasteiger partial charge in [0.05, 0.1) is 11.3 Å². The van der Waals surface area contributed by atoms with E-state index in [9.17, 15) is 4.79 Å². The molecule has 2 aromatic heterocycles. The maximum atomic E-state index is 12.4. The first-order chi connectivity index (χ1) is 9.49. The summed E-state index contributed by atoms with van der Waals surface area (Å²) in [6.07, 6.45) is 1.82. The Hall–Kier alpha value is -1.62. The number of pyridine rings is 1. The molecule has 4 nitrogen and oxygen atoms in total. The number of rotatable bonds is 5. The lowest BCUT2D eigenvalue weighted by Crippen LogP contribution is -2.22. The van der Waals surface area contributed by atoms with Gasteiger partial charge in [-0.15, -0.1) is 11.3 Å². The van der Waals surface area contributed by atoms with Crippen molar-refractivity contribution in [1.29, 1.82) is 0 Å². The normalized spacial score (nSPS) is 11.3. The quantitative estimate of drug-likeness (QED) is 0.915. The predicted molar refractivity (Wildman–Crippen MR) is 85.5 cm³/mol. The van der Waals surface area contributed by atoms with Crippen LogP contribution in [0.1, 0.15) is 33.7 Å². The summed E-state index contributed by atoms with van der Waals surface area (Å²) >= 11 is 1.54. The van der Waals surface area contributed by atoms with Gasteiger partial charge in [-0.2, -0.15) is 0 Å². The second-order valence-corrected chi connectivity index (χ2v) is 6.40. The third kappa shape index (κ3) is 3.28. The van der Waals surface area contributed by atoms with Gasteiger partial charge in [0.1, 0.15) is 0 Å². The van der Waals surface area contributed by atoms with E-state index in [1.807, 2.05) is 37.6 Å². The lowest BCUT2D eigenvalue weighted by Gasteiger charge is -2.10. The lowest BCUT2D eigenvalue weighted by atomic mass is 10.2. The molecule has 5 heteroatoms. The van der Waals surface area contributed by atoms with Crippen LogP contribution in [0.25, 0.3) is 11.3 Å². The van der Waals surface area contributed by atoms with E-state index in [2.05, 4.69) is 24.1 Å². The number of thiazole rings is 1. The van der Waals surface area contributed by atoms with E-state index in [0.29, 0.717) is 11.5 Å². The monoisotopic (exact) mass is 291 g/mol. The maximum absolute atomic E-state index is 12.4. The highest BCUT2D eigenvalue weighted by Crippen LogP contribution is 2.23. The molecule has 0 radical (unpaired) electrons. The highest BCUT2D eigenvalue weighted by atomic mass is 32.1. The van der Waals surface area contributed by atoms with Crippen molar-refractivity contribution in [3.63, 3.8) is 0 Å². The van der Waals surface area contributed by atoms with Gasteiger partial charge >= 0.3 is 0 Å². The molecule has 0 aliphatic rings. The summed E-state index contributed by atoms with van der Waals surface area (Å²) in [6.45, 7) is 9.20. The number of nitrogens with zero attached hydrogens (tertiary/aromatic N) is 2. The van der Waals surface area contributed by atoms with E-state index in [4.69, 9.17) is 0 Å². The smallest absolute Gasteiger partial charge is 0.260 e. The van der Waals surface area contributed by atoms with Crippen molar-refractivity contribution in [2.45, 2.75) is 33.7 Å². The van der Waals surface area contributed by atoms with Crippen molar-refractivity contribution in [1.82, 2.24) is 9.55 Å². The van der Waals surface area contributed by atoms with Crippen molar-refractivity contribution in [3.8, 4) is 11.3 Å². The topological polar surface area (TPSA) is 46.9 Å². The van der Waals surface area contributed by atoms with Crippen LogP contribution in [0.5, 0.6) is 0 Å². The summed E-state index contributed by atoms with van der Waals surface area (Å²) in [5.41, 5.74) is 1.43. The number of aromatic nitrogens is 2. The summed E-state index contributed by atoms with van der Waals surface area (Å²) < 4.78 is 1.73. The van der Waals surface area contributed by atoms with Crippen LogP contribution in [-0.2, 0) is 0 Å². The molecule has 0 saturated heterocycles. The Kier molecular flexibility index (Phi) is 4.60. The SMILES string of the molecule is CC(C)CNc1nc(-c2cccn(C(C)C)c2=O)cs1. The summed E-state index contributed by atoms with van der Waals surface area (Å²) in [7, 11) is 0. The highest BCUT2D eigenvalue weighted by molar-refractivity contribution is 7.14. The van der Waals surface area contributed by atoms with Gasteiger partial charge < -0.3 is 9.88 Å². The van der Waals surface area contributed by atoms with Gasteiger partial charge in [0, 0.05) is 24.2 Å². The van der Waals surface area contributed by atoms with Crippen LogP contribution in [0.4, 0.5) is 5.13 Å². The average Bonchev–Trinajstić information content (AvgIpc) is 2.85. The molecule has 2 heterocycles. The van der Waals surface area contributed by atoms with Gasteiger partial charge in [0.25, 0.3) is 5.56 Å². The second kappa shape index (κ2) is 6.22. The van der Waals surface area contributed by atoms with E-state index in [0.717, 1.165) is 17.4 Å². The first kappa shape index (κ1) is 14.8. The molecule has 0 aromatic carbocycles. The van der Waals surface area contributed by atoms with E-state index < -0.39 is 0 Å². The zero-order chi connectivity index (χ0) is 14.7. The summed E-state index contributed by atoms with van der Waals surface area (Å²) in [6, 6.07) is 3.89. The van der Waals surface area contributed by atoms with Crippen molar-refractivity contribution in [3.05, 3.63) is 34.1 Å². The van der Waals surface area contributed by atoms with Crippen molar-refractivity contribution in [2.24, 2.45) is 5.92 Å². The number of hydrogen-bond donors (Lipinski definition) is 1. The van der Waals surface area contributed by atoms with Gasteiger partial charge in [-0.3, -0.25) is 4.79 Å². The molecule has 20 heavy (non-hydrogen) atoms. The largest absolute Gasteiger partial charge is 0.361 e. The molecule has 1 N–H and O–H groups in total. The van der Waals surface area contributed by atoms with E-state index in [-0.39, 0.29) is 11.6 Å². The lowest BCUT2D eigenvalue weighted by molar-refractivity contribution is 0.579. The minimum atomic E-state index is 0.0169. The van der Waals surface area contributed by atoms with Crippen LogP contribution in [-0.4, -0.2) is 16.1 Å². The molecule has 108 valence electrons. The van der Waals surface area contributed by atoms with Crippen molar-refractivity contribution < 1.29 is 0 Å². The van der Waals surface area contributed by atoms with Gasteiger partial charge in [0.15, 0.2) is 5.13 Å². The van der Waals surface area contributed by atoms with Crippen LogP contribution >= 0.6 is 11.3 Å². The average molecular weight is 291 g/mol. The van der Waals surface area contributed by atoms with Crippen LogP contribution in [0.3, 0.4) is 0 Å². The van der Waals surface area contributed by atoms with Crippen molar-refractivity contribution in [2.75, 3.05) is 11.9 Å². The van der Waals surface area contributed by atoms with Gasteiger partial charge in [0.2, 0.25) is 0 Å². The molecule has 2 aromatic rings. The molecular weight excluding hydrogens is 270 g/mol. The molecule has 2 rings (SSSR count). The standard InChI is InChI=1S/C15H21N3OS/c1-10(2)8-16-15-17-13(9-20-15)12-6-5-7-18(11(3)4)14(12)19/h5-7,9-11H,8H2,1-4H3,(H,16,17). The maximum Gasteiger partial charge on any atom is 0.260 e. The van der Waals surface area contributed by atoms with E-state index in [1.54, 1.807) is 4.57 Å². The molecule has 0 spiro atoms. The zero-order valence-corrected chi connectivity index (χ0v) is 13.2. The number of anilines is 1. The fourth-order valence-electron chi connectivity index (χ4n) is 1.88. The Bertz CT molecular complexity index is 628. The fraction of sp³-hybridized carbons (Fsp3) is 0.467. The molecular formula is C15H21N3OS. The van der Waals surface area contributed by atoms with E-state index >= 15 is 0 Å². The van der Waals surface area contributed by atoms with Crippen LogP contribution in [0, 0.1) is 5.92 Å². The Morgan fingerprint density at radius 2 is 2.10 bits per heavy atom. The molecule has 0 fully saturated rings. The first-order valence-corrected chi connectivity index (χ1v) is 7.78. The fourth-order valence-corrected chi connectivity index (χ4v) is 2.60. The highest BCUT2D eigenvalue weighted by Gasteiger charge is 2.11. The minimum Gasteiger partial charge on any atom is -0.361 e. The summed E-state index contributed by atoms with van der Waals surface area (Å²) in [5, 5.41) is 6.09. The summed E-state index contributed by atoms with van der Waals surface area (Å²) in [4.78, 5) is 16.9. The van der Waals surface area contributed by atoms with Crippen molar-refractivity contribution >= 4 is 16.5 Å². The molecule has 0 unspecified atom stereocenters. The predicted octanol–water partition coefficient (Wildman–Crippen LogP) is 3.62. The molecule has 0 aliphatic heterocycles. The van der Waals surface area contributed by atoms with Crippen LogP contribution in [0.2, 0.25) is 0 Å². The molecule has 0 amide bonds. The Morgan fingerprint density at radius 1 is 1.35 bits per heavy atom. The first-order valence-electron chi connectivity index (χ1n) is 6.90.